The van der Waals surface area contributed by atoms with Gasteiger partial charge >= 0.3 is 0 Å². The van der Waals surface area contributed by atoms with Gasteiger partial charge in [-0.2, -0.15) is 4.98 Å². The van der Waals surface area contributed by atoms with E-state index in [0.29, 0.717) is 29.6 Å². The van der Waals surface area contributed by atoms with E-state index in [1.54, 1.807) is 10.9 Å². The molecule has 0 spiro atoms. The van der Waals surface area contributed by atoms with Gasteiger partial charge in [0.2, 0.25) is 5.95 Å². The first kappa shape index (κ1) is 15.9. The highest BCUT2D eigenvalue weighted by Crippen LogP contribution is 2.34. The maximum Gasteiger partial charge on any atom is 0.280 e. The topological polar surface area (TPSA) is 105 Å². The zero-order chi connectivity index (χ0) is 16.6. The molecule has 0 radical (unpaired) electrons. The molecule has 126 valence electrons. The van der Waals surface area contributed by atoms with Gasteiger partial charge in [0.15, 0.2) is 11.2 Å². The van der Waals surface area contributed by atoms with Crippen molar-refractivity contribution in [2.45, 2.75) is 39.5 Å². The predicted octanol–water partition coefficient (Wildman–Crippen LogP) is 1.10. The number of H-pyrrole nitrogens is 1. The van der Waals surface area contributed by atoms with E-state index in [9.17, 15) is 9.90 Å². The Hall–Kier alpha value is -1.93. The fourth-order valence-corrected chi connectivity index (χ4v) is 2.78. The van der Waals surface area contributed by atoms with E-state index in [4.69, 9.17) is 4.74 Å². The number of imidazole rings is 1. The molecule has 1 saturated heterocycles. The van der Waals surface area contributed by atoms with Crippen LogP contribution in [0.1, 0.15) is 33.4 Å². The number of ether oxygens (including phenoxy) is 1. The third kappa shape index (κ3) is 3.09. The molecule has 0 aliphatic carbocycles. The van der Waals surface area contributed by atoms with Crippen LogP contribution in [0.15, 0.2) is 11.1 Å². The number of fused-ring (bicyclic) bond motifs is 1. The molecule has 3 rings (SSSR count). The third-order valence-electron chi connectivity index (χ3n) is 4.14. The molecular weight excluding hydrogens is 298 g/mol. The van der Waals surface area contributed by atoms with Crippen molar-refractivity contribution in [1.82, 2.24) is 19.5 Å². The summed E-state index contributed by atoms with van der Waals surface area (Å²) in [5.41, 5.74) is 0.518. The number of hydrogen-bond acceptors (Lipinski definition) is 6. The monoisotopic (exact) mass is 321 g/mol. The predicted molar refractivity (Wildman–Crippen MR) is 86.3 cm³/mol. The molecule has 8 nitrogen and oxygen atoms in total. The van der Waals surface area contributed by atoms with Crippen molar-refractivity contribution in [2.24, 2.45) is 11.8 Å². The number of aromatic amines is 1. The molecule has 0 unspecified atom stereocenters. The Balaban J connectivity index is 1.94. The summed E-state index contributed by atoms with van der Waals surface area (Å²) in [5.74, 6) is 1.11. The van der Waals surface area contributed by atoms with Crippen LogP contribution in [-0.2, 0) is 4.74 Å². The zero-order valence-electron chi connectivity index (χ0n) is 13.6. The number of aromatic nitrogens is 4. The smallest absolute Gasteiger partial charge is 0.280 e. The van der Waals surface area contributed by atoms with E-state index in [-0.39, 0.29) is 30.4 Å². The minimum atomic E-state index is -0.273. The average molecular weight is 321 g/mol. The van der Waals surface area contributed by atoms with Crippen LogP contribution in [0.25, 0.3) is 11.2 Å². The van der Waals surface area contributed by atoms with E-state index < -0.39 is 0 Å². The first-order valence-corrected chi connectivity index (χ1v) is 7.96. The van der Waals surface area contributed by atoms with Gasteiger partial charge in [0.1, 0.15) is 6.23 Å². The lowest BCUT2D eigenvalue weighted by Gasteiger charge is -2.14. The lowest BCUT2D eigenvalue weighted by Crippen LogP contribution is -2.19. The molecule has 0 saturated carbocycles. The number of rotatable bonds is 5. The highest BCUT2D eigenvalue weighted by Gasteiger charge is 2.33. The van der Waals surface area contributed by atoms with Crippen molar-refractivity contribution in [3.8, 4) is 0 Å². The molecule has 3 atom stereocenters. The number of anilines is 1. The number of hydrogen-bond donors (Lipinski definition) is 3. The summed E-state index contributed by atoms with van der Waals surface area (Å²) in [6, 6.07) is 0. The molecule has 2 aromatic heterocycles. The zero-order valence-corrected chi connectivity index (χ0v) is 13.6. The van der Waals surface area contributed by atoms with Gasteiger partial charge < -0.3 is 15.2 Å². The molecule has 2 aromatic rings. The Morgan fingerprint density at radius 2 is 2.35 bits per heavy atom. The average Bonchev–Trinajstić information content (AvgIpc) is 3.08. The summed E-state index contributed by atoms with van der Waals surface area (Å²) in [7, 11) is 0. The molecule has 23 heavy (non-hydrogen) atoms. The van der Waals surface area contributed by atoms with Crippen LogP contribution >= 0.6 is 0 Å². The normalized spacial score (nSPS) is 24.7. The van der Waals surface area contributed by atoms with Gasteiger partial charge in [-0.05, 0) is 18.3 Å². The van der Waals surface area contributed by atoms with Gasteiger partial charge in [0, 0.05) is 6.54 Å². The van der Waals surface area contributed by atoms with E-state index in [2.05, 4.69) is 34.1 Å². The summed E-state index contributed by atoms with van der Waals surface area (Å²) in [6.45, 7) is 6.90. The van der Waals surface area contributed by atoms with Gasteiger partial charge in [0.05, 0.1) is 19.0 Å². The molecule has 0 bridgehead atoms. The van der Waals surface area contributed by atoms with Crippen molar-refractivity contribution in [3.05, 3.63) is 16.7 Å². The van der Waals surface area contributed by atoms with E-state index in [0.717, 1.165) is 6.42 Å². The van der Waals surface area contributed by atoms with Crippen LogP contribution in [0.2, 0.25) is 0 Å². The molecule has 3 N–H and O–H groups in total. The second-order valence-electron chi connectivity index (χ2n) is 6.54. The Morgan fingerprint density at radius 1 is 1.57 bits per heavy atom. The summed E-state index contributed by atoms with van der Waals surface area (Å²) < 4.78 is 7.63. The fraction of sp³-hybridized carbons (Fsp3) is 0.667. The second-order valence-corrected chi connectivity index (χ2v) is 6.54. The molecule has 1 aliphatic heterocycles. The Kier molecular flexibility index (Phi) is 4.36. The van der Waals surface area contributed by atoms with E-state index in [1.165, 1.54) is 0 Å². The number of nitrogens with one attached hydrogen (secondary N) is 2. The molecule has 3 heterocycles. The number of nitrogens with zero attached hydrogens (tertiary/aromatic N) is 3. The summed E-state index contributed by atoms with van der Waals surface area (Å²) in [5, 5.41) is 12.5. The molecular formula is C15H23N5O3. The van der Waals surface area contributed by atoms with Crippen LogP contribution in [0.4, 0.5) is 5.95 Å². The standard InChI is InChI=1S/C15H23N5O3/c1-8(2)5-16-15-18-13-12(14(22)19-15)17-7-20(13)11-4-9(3)10(6-21)23-11/h7-11,21H,4-6H2,1-3H3,(H2,16,18,19,22)/t9-,10-,11-/m1/s1. The van der Waals surface area contributed by atoms with Crippen LogP contribution in [0.5, 0.6) is 0 Å². The van der Waals surface area contributed by atoms with Crippen molar-refractivity contribution in [1.29, 1.82) is 0 Å². The minimum absolute atomic E-state index is 0.0144. The fourth-order valence-electron chi connectivity index (χ4n) is 2.78. The minimum Gasteiger partial charge on any atom is -0.394 e. The third-order valence-corrected chi connectivity index (χ3v) is 4.14. The second kappa shape index (κ2) is 6.29. The SMILES string of the molecule is CC(C)CNc1nc2c(ncn2[C@H]2C[C@@H](C)[C@@H](CO)O2)c(=O)[nH]1. The summed E-state index contributed by atoms with van der Waals surface area (Å²) >= 11 is 0. The van der Waals surface area contributed by atoms with Crippen molar-refractivity contribution < 1.29 is 9.84 Å². The van der Waals surface area contributed by atoms with Crippen LogP contribution < -0.4 is 10.9 Å². The quantitative estimate of drug-likeness (QED) is 0.762. The largest absolute Gasteiger partial charge is 0.394 e. The number of aliphatic hydroxyl groups is 1. The molecule has 0 aromatic carbocycles. The van der Waals surface area contributed by atoms with E-state index in [1.807, 2.05) is 6.92 Å². The molecule has 1 aliphatic rings. The maximum atomic E-state index is 12.2. The lowest BCUT2D eigenvalue weighted by molar-refractivity contribution is -0.0277. The van der Waals surface area contributed by atoms with E-state index >= 15 is 0 Å². The van der Waals surface area contributed by atoms with Crippen molar-refractivity contribution >= 4 is 17.1 Å². The highest BCUT2D eigenvalue weighted by molar-refractivity contribution is 5.70. The Labute approximate surface area is 133 Å². The highest BCUT2D eigenvalue weighted by atomic mass is 16.5. The van der Waals surface area contributed by atoms with Gasteiger partial charge in [-0.1, -0.05) is 20.8 Å². The van der Waals surface area contributed by atoms with Crippen LogP contribution in [0, 0.1) is 11.8 Å². The van der Waals surface area contributed by atoms with Crippen molar-refractivity contribution in [2.75, 3.05) is 18.5 Å². The molecule has 0 amide bonds. The first-order chi connectivity index (χ1) is 11.0. The summed E-state index contributed by atoms with van der Waals surface area (Å²) in [6.07, 6.45) is 1.87. The Morgan fingerprint density at radius 3 is 3.00 bits per heavy atom. The van der Waals surface area contributed by atoms with Crippen LogP contribution in [-0.4, -0.2) is 43.9 Å². The number of aliphatic hydroxyl groups excluding tert-OH is 1. The van der Waals surface area contributed by atoms with Gasteiger partial charge in [-0.25, -0.2) is 4.98 Å². The maximum absolute atomic E-state index is 12.2. The van der Waals surface area contributed by atoms with Crippen molar-refractivity contribution in [3.63, 3.8) is 0 Å². The van der Waals surface area contributed by atoms with Gasteiger partial charge in [-0.15, -0.1) is 0 Å². The summed E-state index contributed by atoms with van der Waals surface area (Å²) in [4.78, 5) is 23.5. The van der Waals surface area contributed by atoms with Crippen LogP contribution in [0.3, 0.4) is 0 Å². The van der Waals surface area contributed by atoms with Gasteiger partial charge in [0.25, 0.3) is 5.56 Å². The lowest BCUT2D eigenvalue weighted by atomic mass is 10.0. The first-order valence-electron chi connectivity index (χ1n) is 7.96. The van der Waals surface area contributed by atoms with Gasteiger partial charge in [-0.3, -0.25) is 14.3 Å². The molecule has 1 fully saturated rings. The molecule has 8 heteroatoms. The Bertz CT molecular complexity index is 738.